The molecule has 2 atom stereocenters. The largest absolute Gasteiger partial charge is 0.472 e. The first kappa shape index (κ1) is 19.4. The third-order valence-electron chi connectivity index (χ3n) is 4.28. The Kier molecular flexibility index (Phi) is 6.52. The Bertz CT molecular complexity index is 767. The zero-order chi connectivity index (χ0) is 19.2. The molecule has 0 saturated carbocycles. The minimum Gasteiger partial charge on any atom is -0.472 e. The third kappa shape index (κ3) is 4.51. The van der Waals surface area contributed by atoms with Crippen molar-refractivity contribution in [3.63, 3.8) is 0 Å². The lowest BCUT2D eigenvalue weighted by Crippen LogP contribution is -2.48. The van der Waals surface area contributed by atoms with E-state index in [4.69, 9.17) is 9.15 Å². The number of amides is 2. The number of rotatable bonds is 7. The molecule has 6 nitrogen and oxygen atoms in total. The molecule has 0 radical (unpaired) electrons. The zero-order valence-electron chi connectivity index (χ0n) is 14.9. The molecule has 0 spiro atoms. The van der Waals surface area contributed by atoms with E-state index in [1.165, 1.54) is 42.3 Å². The predicted molar refractivity (Wildman–Crippen MR) is 99.8 cm³/mol. The van der Waals surface area contributed by atoms with Crippen LogP contribution in [0, 0.1) is 5.82 Å². The fourth-order valence-electron chi connectivity index (χ4n) is 2.92. The van der Waals surface area contributed by atoms with Crippen molar-refractivity contribution in [2.24, 2.45) is 0 Å². The summed E-state index contributed by atoms with van der Waals surface area (Å²) in [4.78, 5) is 27.3. The molecular formula is C19H21FN2O4S. The van der Waals surface area contributed by atoms with Gasteiger partial charge in [-0.2, -0.15) is 0 Å². The molecule has 0 bridgehead atoms. The summed E-state index contributed by atoms with van der Waals surface area (Å²) in [7, 11) is 1.61. The maximum Gasteiger partial charge on any atom is 0.255 e. The summed E-state index contributed by atoms with van der Waals surface area (Å²) in [6.07, 6.45) is 3.80. The molecule has 1 aromatic carbocycles. The average molecular weight is 392 g/mol. The second-order valence-electron chi connectivity index (χ2n) is 6.11. The predicted octanol–water partition coefficient (Wildman–Crippen LogP) is 2.83. The molecule has 2 aromatic rings. The summed E-state index contributed by atoms with van der Waals surface area (Å²) in [5.41, 5.74) is 1.15. The lowest BCUT2D eigenvalue weighted by atomic mass is 10.1. The highest BCUT2D eigenvalue weighted by atomic mass is 32.2. The summed E-state index contributed by atoms with van der Waals surface area (Å²) in [6.45, 7) is 1.03. The lowest BCUT2D eigenvalue weighted by Gasteiger charge is -2.28. The highest BCUT2D eigenvalue weighted by Crippen LogP contribution is 2.42. The number of halogens is 1. The van der Waals surface area contributed by atoms with E-state index in [1.54, 1.807) is 24.3 Å². The number of methoxy groups -OCH3 is 1. The fourth-order valence-corrected chi connectivity index (χ4v) is 4.32. The van der Waals surface area contributed by atoms with Crippen molar-refractivity contribution < 1.29 is 23.1 Å². The Morgan fingerprint density at radius 3 is 2.78 bits per heavy atom. The summed E-state index contributed by atoms with van der Waals surface area (Å²) < 4.78 is 23.3. The molecule has 0 aliphatic carbocycles. The number of furan rings is 1. The number of hydrogen-bond acceptors (Lipinski definition) is 5. The van der Waals surface area contributed by atoms with Crippen molar-refractivity contribution in [2.45, 2.75) is 17.8 Å². The SMILES string of the molecule is COCCCNC(=O)C1CSC(c2ccoc2)N1C(=O)c1ccc(F)cc1. The van der Waals surface area contributed by atoms with Gasteiger partial charge in [-0.15, -0.1) is 11.8 Å². The zero-order valence-corrected chi connectivity index (χ0v) is 15.7. The standard InChI is InChI=1S/C19H21FN2O4S/c1-25-9-2-8-21-17(23)16-12-27-19(14-7-10-26-11-14)22(16)18(24)13-3-5-15(20)6-4-13/h3-7,10-11,16,19H,2,8-9,12H2,1H3,(H,21,23). The highest BCUT2D eigenvalue weighted by molar-refractivity contribution is 7.99. The summed E-state index contributed by atoms with van der Waals surface area (Å²) in [5, 5.41) is 2.52. The Labute approximate surface area is 161 Å². The van der Waals surface area contributed by atoms with Crippen molar-refractivity contribution >= 4 is 23.6 Å². The fraction of sp³-hybridized carbons (Fsp3) is 0.368. The van der Waals surface area contributed by atoms with Gasteiger partial charge in [0, 0.05) is 37.1 Å². The topological polar surface area (TPSA) is 71.8 Å². The first-order chi connectivity index (χ1) is 13.1. The molecule has 2 amide bonds. The van der Waals surface area contributed by atoms with Crippen molar-refractivity contribution in [3.05, 3.63) is 59.8 Å². The van der Waals surface area contributed by atoms with Gasteiger partial charge in [-0.25, -0.2) is 4.39 Å². The molecule has 1 aliphatic heterocycles. The average Bonchev–Trinajstić information content (AvgIpc) is 3.34. The van der Waals surface area contributed by atoms with Crippen LogP contribution in [-0.4, -0.2) is 48.8 Å². The van der Waals surface area contributed by atoms with Crippen molar-refractivity contribution in [1.82, 2.24) is 10.2 Å². The maximum absolute atomic E-state index is 13.2. The normalized spacial score (nSPS) is 19.3. The number of carbonyl (C=O) groups is 2. The molecule has 8 heteroatoms. The number of carbonyl (C=O) groups excluding carboxylic acids is 2. The van der Waals surface area contributed by atoms with Crippen LogP contribution in [0.25, 0.3) is 0 Å². The van der Waals surface area contributed by atoms with Gasteiger partial charge >= 0.3 is 0 Å². The first-order valence-electron chi connectivity index (χ1n) is 8.60. The summed E-state index contributed by atoms with van der Waals surface area (Å²) in [5.74, 6) is -0.469. The van der Waals surface area contributed by atoms with E-state index in [0.29, 0.717) is 30.9 Å². The van der Waals surface area contributed by atoms with Gasteiger partial charge in [0.25, 0.3) is 5.91 Å². The van der Waals surface area contributed by atoms with Gasteiger partial charge in [0.2, 0.25) is 5.91 Å². The Morgan fingerprint density at radius 1 is 1.33 bits per heavy atom. The van der Waals surface area contributed by atoms with Gasteiger partial charge in [-0.3, -0.25) is 9.59 Å². The molecule has 1 N–H and O–H groups in total. The Hall–Kier alpha value is -2.32. The van der Waals surface area contributed by atoms with E-state index in [2.05, 4.69) is 5.32 Å². The molecule has 1 aromatic heterocycles. The molecule has 2 unspecified atom stereocenters. The van der Waals surface area contributed by atoms with Crippen LogP contribution in [0.5, 0.6) is 0 Å². The number of benzene rings is 1. The third-order valence-corrected chi connectivity index (χ3v) is 5.60. The van der Waals surface area contributed by atoms with Crippen LogP contribution in [0.2, 0.25) is 0 Å². The Balaban J connectivity index is 1.80. The molecule has 144 valence electrons. The molecule has 27 heavy (non-hydrogen) atoms. The van der Waals surface area contributed by atoms with E-state index in [0.717, 1.165) is 5.56 Å². The quantitative estimate of drug-likeness (QED) is 0.734. The van der Waals surface area contributed by atoms with Crippen LogP contribution in [0.15, 0.2) is 47.3 Å². The summed E-state index contributed by atoms with van der Waals surface area (Å²) in [6, 6.07) is 6.50. The molecule has 3 rings (SSSR count). The lowest BCUT2D eigenvalue weighted by molar-refractivity contribution is -0.124. The van der Waals surface area contributed by atoms with Gasteiger partial charge in [0.1, 0.15) is 17.2 Å². The molecule has 1 aliphatic rings. The van der Waals surface area contributed by atoms with E-state index in [9.17, 15) is 14.0 Å². The second kappa shape index (κ2) is 9.05. The number of nitrogens with one attached hydrogen (secondary N) is 1. The van der Waals surface area contributed by atoms with E-state index in [-0.39, 0.29) is 17.2 Å². The van der Waals surface area contributed by atoms with Crippen LogP contribution in [-0.2, 0) is 9.53 Å². The van der Waals surface area contributed by atoms with Gasteiger partial charge in [-0.05, 0) is 36.8 Å². The summed E-state index contributed by atoms with van der Waals surface area (Å²) >= 11 is 1.50. The Morgan fingerprint density at radius 2 is 2.11 bits per heavy atom. The number of hydrogen-bond donors (Lipinski definition) is 1. The van der Waals surface area contributed by atoms with Gasteiger partial charge in [-0.1, -0.05) is 0 Å². The van der Waals surface area contributed by atoms with Gasteiger partial charge < -0.3 is 19.4 Å². The number of thioether (sulfide) groups is 1. The monoisotopic (exact) mass is 392 g/mol. The molecule has 1 saturated heterocycles. The van der Waals surface area contributed by atoms with Crippen LogP contribution in [0.4, 0.5) is 4.39 Å². The van der Waals surface area contributed by atoms with Crippen LogP contribution in [0.1, 0.15) is 27.7 Å². The van der Waals surface area contributed by atoms with E-state index < -0.39 is 11.9 Å². The maximum atomic E-state index is 13.2. The molecule has 1 fully saturated rings. The smallest absolute Gasteiger partial charge is 0.255 e. The van der Waals surface area contributed by atoms with E-state index >= 15 is 0 Å². The minimum atomic E-state index is -0.616. The van der Waals surface area contributed by atoms with Crippen LogP contribution < -0.4 is 5.32 Å². The number of ether oxygens (including phenoxy) is 1. The van der Waals surface area contributed by atoms with Crippen molar-refractivity contribution in [3.8, 4) is 0 Å². The molecular weight excluding hydrogens is 371 g/mol. The van der Waals surface area contributed by atoms with Crippen LogP contribution in [0.3, 0.4) is 0 Å². The molecule has 2 heterocycles. The van der Waals surface area contributed by atoms with Crippen molar-refractivity contribution in [2.75, 3.05) is 26.0 Å². The van der Waals surface area contributed by atoms with Crippen molar-refractivity contribution in [1.29, 1.82) is 0 Å². The van der Waals surface area contributed by atoms with E-state index in [1.807, 2.05) is 0 Å². The van der Waals surface area contributed by atoms with Gasteiger partial charge in [0.05, 0.1) is 12.5 Å². The van der Waals surface area contributed by atoms with Gasteiger partial charge in [0.15, 0.2) is 0 Å². The minimum absolute atomic E-state index is 0.208. The van der Waals surface area contributed by atoms with Crippen LogP contribution >= 0.6 is 11.8 Å². The second-order valence-corrected chi connectivity index (χ2v) is 7.23. The number of nitrogens with zero attached hydrogens (tertiary/aromatic N) is 1. The highest BCUT2D eigenvalue weighted by Gasteiger charge is 2.42. The first-order valence-corrected chi connectivity index (χ1v) is 9.65.